The predicted molar refractivity (Wildman–Crippen MR) is 78.9 cm³/mol. The smallest absolute Gasteiger partial charge is 0.323 e. The van der Waals surface area contributed by atoms with Crippen molar-refractivity contribution in [1.29, 1.82) is 0 Å². The van der Waals surface area contributed by atoms with Crippen molar-refractivity contribution in [2.24, 2.45) is 0 Å². The summed E-state index contributed by atoms with van der Waals surface area (Å²) in [6.07, 6.45) is 1.58. The molecule has 3 rings (SSSR count). The summed E-state index contributed by atoms with van der Waals surface area (Å²) in [6, 6.07) is 0.0620. The van der Waals surface area contributed by atoms with Crippen molar-refractivity contribution < 1.29 is 13.9 Å². The fourth-order valence-corrected chi connectivity index (χ4v) is 2.17. The molecule has 3 heterocycles. The maximum atomic E-state index is 12.9. The van der Waals surface area contributed by atoms with E-state index in [2.05, 4.69) is 24.9 Å². The minimum atomic E-state index is -0.563. The zero-order valence-corrected chi connectivity index (χ0v) is 13.1. The zero-order chi connectivity index (χ0) is 16.2. The molecule has 0 aliphatic carbocycles. The number of ether oxygens (including phenoxy) is 2. The highest BCUT2D eigenvalue weighted by Crippen LogP contribution is 2.20. The third kappa shape index (κ3) is 3.99. The fraction of sp³-hybridized carbons (Fsp3) is 0.462. The summed E-state index contributed by atoms with van der Waals surface area (Å²) in [5.41, 5.74) is 0. The molecule has 8 nitrogen and oxygen atoms in total. The van der Waals surface area contributed by atoms with Gasteiger partial charge in [-0.15, -0.1) is 0 Å². The second-order valence-corrected chi connectivity index (χ2v) is 5.14. The van der Waals surface area contributed by atoms with Crippen LogP contribution in [-0.4, -0.2) is 51.2 Å². The zero-order valence-electron chi connectivity index (χ0n) is 12.3. The van der Waals surface area contributed by atoms with Crippen LogP contribution in [0.1, 0.15) is 18.9 Å². The van der Waals surface area contributed by atoms with Crippen LogP contribution in [0.15, 0.2) is 12.4 Å². The van der Waals surface area contributed by atoms with Gasteiger partial charge in [-0.05, 0) is 18.5 Å². The van der Waals surface area contributed by atoms with E-state index in [-0.39, 0.29) is 11.3 Å². The number of nitrogens with zero attached hydrogens (tertiary/aromatic N) is 6. The molecule has 122 valence electrons. The van der Waals surface area contributed by atoms with Crippen molar-refractivity contribution in [2.75, 3.05) is 31.2 Å². The SMILES string of the molecule is CC(Oc1nc(Cl)nc(N2CCOCC2)n1)c1ncc(F)cn1. The molecular formula is C13H14ClFN6O2. The predicted octanol–water partition coefficient (Wildman–Crippen LogP) is 1.43. The molecule has 23 heavy (non-hydrogen) atoms. The second kappa shape index (κ2) is 6.97. The van der Waals surface area contributed by atoms with Gasteiger partial charge in [0.1, 0.15) is 0 Å². The van der Waals surface area contributed by atoms with E-state index in [4.69, 9.17) is 21.1 Å². The Kier molecular flexibility index (Phi) is 4.77. The van der Waals surface area contributed by atoms with Crippen LogP contribution in [0.5, 0.6) is 6.01 Å². The molecule has 1 fully saturated rings. The highest BCUT2D eigenvalue weighted by molar-refractivity contribution is 6.28. The number of morpholine rings is 1. The van der Waals surface area contributed by atoms with E-state index in [1.54, 1.807) is 6.92 Å². The molecule has 0 saturated carbocycles. The largest absolute Gasteiger partial charge is 0.452 e. The summed E-state index contributed by atoms with van der Waals surface area (Å²) < 4.78 is 23.7. The minimum absolute atomic E-state index is 0.0312. The summed E-state index contributed by atoms with van der Waals surface area (Å²) in [7, 11) is 0. The molecule has 10 heteroatoms. The Morgan fingerprint density at radius 2 is 1.91 bits per heavy atom. The number of aromatic nitrogens is 5. The third-order valence-corrected chi connectivity index (χ3v) is 3.32. The average Bonchev–Trinajstić information content (AvgIpc) is 2.55. The average molecular weight is 341 g/mol. The van der Waals surface area contributed by atoms with Crippen LogP contribution in [0, 0.1) is 5.82 Å². The Bertz CT molecular complexity index is 668. The fourth-order valence-electron chi connectivity index (χ4n) is 2.02. The summed E-state index contributed by atoms with van der Waals surface area (Å²) in [5.74, 6) is 0.227. The molecule has 0 radical (unpaired) electrons. The van der Waals surface area contributed by atoms with Gasteiger partial charge in [0.05, 0.1) is 25.6 Å². The van der Waals surface area contributed by atoms with Gasteiger partial charge in [-0.1, -0.05) is 0 Å². The van der Waals surface area contributed by atoms with Crippen LogP contribution >= 0.6 is 11.6 Å². The number of rotatable bonds is 4. The Morgan fingerprint density at radius 3 is 2.61 bits per heavy atom. The van der Waals surface area contributed by atoms with Crippen LogP contribution in [-0.2, 0) is 4.74 Å². The Balaban J connectivity index is 1.76. The molecule has 2 aromatic rings. The molecule has 2 aromatic heterocycles. The van der Waals surface area contributed by atoms with Gasteiger partial charge in [0.25, 0.3) is 0 Å². The first-order chi connectivity index (χ1) is 11.1. The van der Waals surface area contributed by atoms with Gasteiger partial charge in [-0.2, -0.15) is 15.0 Å². The van der Waals surface area contributed by atoms with Crippen molar-refractivity contribution in [3.8, 4) is 6.01 Å². The first kappa shape index (κ1) is 15.8. The van der Waals surface area contributed by atoms with Gasteiger partial charge < -0.3 is 14.4 Å². The molecule has 1 saturated heterocycles. The monoisotopic (exact) mass is 340 g/mol. The second-order valence-electron chi connectivity index (χ2n) is 4.81. The quantitative estimate of drug-likeness (QED) is 0.826. The molecule has 1 aliphatic heterocycles. The van der Waals surface area contributed by atoms with Crippen molar-refractivity contribution in [3.05, 3.63) is 29.3 Å². The lowest BCUT2D eigenvalue weighted by Crippen LogP contribution is -2.37. The van der Waals surface area contributed by atoms with Crippen molar-refractivity contribution in [3.63, 3.8) is 0 Å². The number of hydrogen-bond donors (Lipinski definition) is 0. The van der Waals surface area contributed by atoms with Gasteiger partial charge in [-0.25, -0.2) is 14.4 Å². The van der Waals surface area contributed by atoms with E-state index in [1.165, 1.54) is 0 Å². The van der Waals surface area contributed by atoms with Gasteiger partial charge in [-0.3, -0.25) is 0 Å². The lowest BCUT2D eigenvalue weighted by atomic mass is 10.4. The summed E-state index contributed by atoms with van der Waals surface area (Å²) in [4.78, 5) is 22.0. The van der Waals surface area contributed by atoms with E-state index in [1.807, 2.05) is 4.90 Å². The summed E-state index contributed by atoms with van der Waals surface area (Å²) >= 11 is 5.94. The first-order valence-corrected chi connectivity index (χ1v) is 7.38. The van der Waals surface area contributed by atoms with Crippen molar-refractivity contribution in [2.45, 2.75) is 13.0 Å². The van der Waals surface area contributed by atoms with Gasteiger partial charge >= 0.3 is 6.01 Å². The molecule has 0 bridgehead atoms. The van der Waals surface area contributed by atoms with Gasteiger partial charge in [0.15, 0.2) is 17.7 Å². The number of hydrogen-bond acceptors (Lipinski definition) is 8. The summed E-state index contributed by atoms with van der Waals surface area (Å²) in [5, 5.41) is 0.0312. The lowest BCUT2D eigenvalue weighted by molar-refractivity contribution is 0.121. The van der Waals surface area contributed by atoms with Crippen LogP contribution in [0.2, 0.25) is 5.28 Å². The van der Waals surface area contributed by atoms with Crippen molar-refractivity contribution >= 4 is 17.5 Å². The molecular weight excluding hydrogens is 327 g/mol. The van der Waals surface area contributed by atoms with E-state index in [0.717, 1.165) is 12.4 Å². The third-order valence-electron chi connectivity index (χ3n) is 3.16. The molecule has 0 aromatic carbocycles. The van der Waals surface area contributed by atoms with Crippen LogP contribution < -0.4 is 9.64 Å². The normalized spacial score (nSPS) is 16.2. The molecule has 1 atom stereocenters. The Morgan fingerprint density at radius 1 is 1.22 bits per heavy atom. The Labute approximate surface area is 136 Å². The standard InChI is InChI=1S/C13H14ClFN6O2/c1-8(10-16-6-9(15)7-17-10)23-13-19-11(14)18-12(20-13)21-2-4-22-5-3-21/h6-8H,2-5H2,1H3. The van der Waals surface area contributed by atoms with E-state index < -0.39 is 11.9 Å². The van der Waals surface area contributed by atoms with E-state index in [0.29, 0.717) is 38.1 Å². The first-order valence-electron chi connectivity index (χ1n) is 7.00. The Hall–Kier alpha value is -2.13. The maximum Gasteiger partial charge on any atom is 0.323 e. The molecule has 0 spiro atoms. The maximum absolute atomic E-state index is 12.9. The number of halogens is 2. The highest BCUT2D eigenvalue weighted by atomic mass is 35.5. The van der Waals surface area contributed by atoms with Crippen LogP contribution in [0.3, 0.4) is 0 Å². The lowest BCUT2D eigenvalue weighted by Gasteiger charge is -2.26. The molecule has 0 N–H and O–H groups in total. The van der Waals surface area contributed by atoms with Gasteiger partial charge in [0, 0.05) is 13.1 Å². The van der Waals surface area contributed by atoms with E-state index in [9.17, 15) is 4.39 Å². The summed E-state index contributed by atoms with van der Waals surface area (Å²) in [6.45, 7) is 4.23. The molecule has 0 amide bonds. The van der Waals surface area contributed by atoms with Gasteiger partial charge in [0.2, 0.25) is 11.2 Å². The molecule has 1 unspecified atom stereocenters. The van der Waals surface area contributed by atoms with Crippen molar-refractivity contribution in [1.82, 2.24) is 24.9 Å². The molecule has 1 aliphatic rings. The highest BCUT2D eigenvalue weighted by Gasteiger charge is 2.18. The number of anilines is 1. The topological polar surface area (TPSA) is 86.2 Å². The van der Waals surface area contributed by atoms with E-state index >= 15 is 0 Å². The minimum Gasteiger partial charge on any atom is -0.452 e. The van der Waals surface area contributed by atoms with Crippen LogP contribution in [0.25, 0.3) is 0 Å². The van der Waals surface area contributed by atoms with Crippen LogP contribution in [0.4, 0.5) is 10.3 Å².